The molecule has 2 N–H and O–H groups in total. The zero-order chi connectivity index (χ0) is 25.8. The Hall–Kier alpha value is -1.70. The number of amides is 1. The summed E-state index contributed by atoms with van der Waals surface area (Å²) in [7, 11) is 3.48. The highest BCUT2D eigenvalue weighted by Crippen LogP contribution is 2.44. The lowest BCUT2D eigenvalue weighted by atomic mass is 10.1. The fourth-order valence-electron chi connectivity index (χ4n) is 5.00. The van der Waals surface area contributed by atoms with Crippen LogP contribution in [0.1, 0.15) is 86.6 Å². The Morgan fingerprint density at radius 1 is 1.08 bits per heavy atom. The topological polar surface area (TPSA) is 78.5 Å². The largest absolute Gasteiger partial charge is 0.359 e. The zero-order valence-electron chi connectivity index (χ0n) is 22.2. The van der Waals surface area contributed by atoms with Crippen molar-refractivity contribution in [3.05, 3.63) is 29.3 Å². The van der Waals surface area contributed by atoms with E-state index in [1.807, 2.05) is 24.1 Å². The van der Waals surface area contributed by atoms with Gasteiger partial charge in [0.2, 0.25) is 5.91 Å². The molecule has 2 aliphatic carbocycles. The number of hydrogen-bond donors (Lipinski definition) is 2. The standard InChI is InChI=1S/C29H45N3O3S/c1-30-28(35)16-15-25(21-34)32(2)19-26-24(20-33)9-8-10-27(26)36-18-7-5-3-4-6-17-31-29(22-11-12-22)23-13-14-23/h8-10,20-23,25,29,31H,3-7,11-19H2,1-2H3,(H,30,35). The van der Waals surface area contributed by atoms with Crippen LogP contribution in [0.2, 0.25) is 0 Å². The molecule has 0 aromatic heterocycles. The number of aldehydes is 2. The van der Waals surface area contributed by atoms with Crippen LogP contribution in [0.15, 0.2) is 23.1 Å². The minimum atomic E-state index is -0.363. The summed E-state index contributed by atoms with van der Waals surface area (Å²) in [4.78, 5) is 38.0. The van der Waals surface area contributed by atoms with E-state index in [4.69, 9.17) is 0 Å². The molecule has 3 rings (SSSR count). The van der Waals surface area contributed by atoms with Crippen molar-refractivity contribution in [3.8, 4) is 0 Å². The Morgan fingerprint density at radius 3 is 2.42 bits per heavy atom. The first-order valence-corrected chi connectivity index (χ1v) is 14.8. The number of rotatable bonds is 20. The van der Waals surface area contributed by atoms with Crippen molar-refractivity contribution in [2.24, 2.45) is 11.8 Å². The molecule has 1 aromatic carbocycles. The van der Waals surface area contributed by atoms with E-state index in [1.165, 1.54) is 57.9 Å². The van der Waals surface area contributed by atoms with Crippen LogP contribution in [0.3, 0.4) is 0 Å². The number of thioether (sulfide) groups is 1. The van der Waals surface area contributed by atoms with Crippen molar-refractivity contribution >= 4 is 30.2 Å². The lowest BCUT2D eigenvalue weighted by molar-refractivity contribution is -0.121. The second-order valence-electron chi connectivity index (χ2n) is 10.5. The van der Waals surface area contributed by atoms with Gasteiger partial charge in [-0.15, -0.1) is 11.8 Å². The second-order valence-corrected chi connectivity index (χ2v) is 11.7. The molecule has 0 radical (unpaired) electrons. The second kappa shape index (κ2) is 15.5. The molecule has 1 aromatic rings. The van der Waals surface area contributed by atoms with Crippen LogP contribution in [-0.4, -0.2) is 61.9 Å². The van der Waals surface area contributed by atoms with E-state index >= 15 is 0 Å². The average molecular weight is 516 g/mol. The first kappa shape index (κ1) is 28.9. The van der Waals surface area contributed by atoms with Gasteiger partial charge in [-0.25, -0.2) is 0 Å². The quantitative estimate of drug-likeness (QED) is 0.147. The van der Waals surface area contributed by atoms with E-state index in [-0.39, 0.29) is 11.9 Å². The number of nitrogens with zero attached hydrogens (tertiary/aromatic N) is 1. The summed E-state index contributed by atoms with van der Waals surface area (Å²) in [5.74, 6) is 2.90. The number of carbonyl (C=O) groups excluding carboxylic acids is 3. The predicted octanol–water partition coefficient (Wildman–Crippen LogP) is 4.85. The molecule has 1 amide bonds. The van der Waals surface area contributed by atoms with Gasteiger partial charge in [0, 0.05) is 36.5 Å². The Bertz CT molecular complexity index is 829. The lowest BCUT2D eigenvalue weighted by Gasteiger charge is -2.25. The van der Waals surface area contributed by atoms with Crippen LogP contribution in [0.25, 0.3) is 0 Å². The molecule has 0 spiro atoms. The predicted molar refractivity (Wildman–Crippen MR) is 147 cm³/mol. The maximum atomic E-state index is 11.7. The summed E-state index contributed by atoms with van der Waals surface area (Å²) in [5, 5.41) is 6.45. The minimum Gasteiger partial charge on any atom is -0.359 e. The van der Waals surface area contributed by atoms with Gasteiger partial charge >= 0.3 is 0 Å². The first-order chi connectivity index (χ1) is 17.6. The third-order valence-electron chi connectivity index (χ3n) is 7.59. The first-order valence-electron chi connectivity index (χ1n) is 13.9. The van der Waals surface area contributed by atoms with Crippen molar-refractivity contribution < 1.29 is 14.4 Å². The van der Waals surface area contributed by atoms with Crippen molar-refractivity contribution in [2.45, 2.75) is 94.2 Å². The third-order valence-corrected chi connectivity index (χ3v) is 8.78. The molecule has 2 fully saturated rings. The van der Waals surface area contributed by atoms with E-state index in [9.17, 15) is 14.4 Å². The number of unbranched alkanes of at least 4 members (excludes halogenated alkanes) is 4. The van der Waals surface area contributed by atoms with E-state index in [2.05, 4.69) is 16.7 Å². The molecule has 7 heteroatoms. The third kappa shape index (κ3) is 9.64. The normalized spacial score (nSPS) is 16.3. The van der Waals surface area contributed by atoms with Crippen LogP contribution in [0.4, 0.5) is 0 Å². The summed E-state index contributed by atoms with van der Waals surface area (Å²) >= 11 is 1.80. The monoisotopic (exact) mass is 515 g/mol. The lowest BCUT2D eigenvalue weighted by Crippen LogP contribution is -2.34. The van der Waals surface area contributed by atoms with Crippen molar-refractivity contribution in [2.75, 3.05) is 26.4 Å². The summed E-state index contributed by atoms with van der Waals surface area (Å²) < 4.78 is 0. The van der Waals surface area contributed by atoms with E-state index in [0.717, 1.165) is 53.1 Å². The average Bonchev–Trinajstić information content (AvgIpc) is 3.81. The van der Waals surface area contributed by atoms with Gasteiger partial charge in [0.1, 0.15) is 12.6 Å². The maximum absolute atomic E-state index is 11.7. The molecule has 200 valence electrons. The maximum Gasteiger partial charge on any atom is 0.219 e. The highest BCUT2D eigenvalue weighted by molar-refractivity contribution is 7.99. The number of nitrogens with one attached hydrogen (secondary N) is 2. The molecule has 6 nitrogen and oxygen atoms in total. The fraction of sp³-hybridized carbons (Fsp3) is 0.690. The van der Waals surface area contributed by atoms with Crippen LogP contribution in [0.5, 0.6) is 0 Å². The van der Waals surface area contributed by atoms with Gasteiger partial charge in [-0.2, -0.15) is 0 Å². The number of likely N-dealkylation sites (N-methyl/N-ethyl adjacent to an activating group) is 1. The van der Waals surface area contributed by atoms with Gasteiger partial charge in [0.05, 0.1) is 6.04 Å². The molecule has 36 heavy (non-hydrogen) atoms. The van der Waals surface area contributed by atoms with Crippen molar-refractivity contribution in [1.82, 2.24) is 15.5 Å². The van der Waals surface area contributed by atoms with E-state index < -0.39 is 0 Å². The van der Waals surface area contributed by atoms with Crippen LogP contribution >= 0.6 is 11.8 Å². The Kier molecular flexibility index (Phi) is 12.5. The Labute approximate surface area is 221 Å². The molecule has 1 atom stereocenters. The van der Waals surface area contributed by atoms with Gasteiger partial charge in [-0.3, -0.25) is 14.5 Å². The van der Waals surface area contributed by atoms with Crippen LogP contribution in [0, 0.1) is 11.8 Å². The highest BCUT2D eigenvalue weighted by atomic mass is 32.2. The SMILES string of the molecule is CNC(=O)CCC(C=O)N(C)Cc1c(C=O)cccc1SCCCCCCCNC(C1CC1)C1CC1. The Morgan fingerprint density at radius 2 is 1.78 bits per heavy atom. The fourth-order valence-corrected chi connectivity index (χ4v) is 6.10. The van der Waals surface area contributed by atoms with E-state index in [0.29, 0.717) is 24.9 Å². The molecule has 0 aliphatic heterocycles. The van der Waals surface area contributed by atoms with Gasteiger partial charge in [0.25, 0.3) is 0 Å². The van der Waals surface area contributed by atoms with Gasteiger partial charge in [-0.1, -0.05) is 31.4 Å². The molecular weight excluding hydrogens is 470 g/mol. The van der Waals surface area contributed by atoms with Gasteiger partial charge in [-0.05, 0) is 87.8 Å². The van der Waals surface area contributed by atoms with E-state index in [1.54, 1.807) is 18.8 Å². The molecular formula is C29H45N3O3S. The summed E-state index contributed by atoms with van der Waals surface area (Å²) in [6.07, 6.45) is 14.6. The van der Waals surface area contributed by atoms with Crippen LogP contribution < -0.4 is 10.6 Å². The summed E-state index contributed by atoms with van der Waals surface area (Å²) in [6.45, 7) is 1.68. The number of hydrogen-bond acceptors (Lipinski definition) is 6. The summed E-state index contributed by atoms with van der Waals surface area (Å²) in [5.41, 5.74) is 1.64. The minimum absolute atomic E-state index is 0.0724. The van der Waals surface area contributed by atoms with Gasteiger partial charge in [0.15, 0.2) is 0 Å². The van der Waals surface area contributed by atoms with Crippen molar-refractivity contribution in [1.29, 1.82) is 0 Å². The number of benzene rings is 1. The zero-order valence-corrected chi connectivity index (χ0v) is 23.0. The Balaban J connectivity index is 1.37. The van der Waals surface area contributed by atoms with Gasteiger partial charge < -0.3 is 15.4 Å². The molecule has 0 heterocycles. The molecule has 0 bridgehead atoms. The molecule has 2 aliphatic rings. The van der Waals surface area contributed by atoms with Crippen molar-refractivity contribution in [3.63, 3.8) is 0 Å². The van der Waals surface area contributed by atoms with Crippen LogP contribution in [-0.2, 0) is 16.1 Å². The molecule has 1 unspecified atom stereocenters. The molecule has 0 saturated heterocycles. The highest BCUT2D eigenvalue weighted by Gasteiger charge is 2.40. The smallest absolute Gasteiger partial charge is 0.219 e. The molecule has 2 saturated carbocycles. The summed E-state index contributed by atoms with van der Waals surface area (Å²) in [6, 6.07) is 6.30. The number of carbonyl (C=O) groups is 3.